The van der Waals surface area contributed by atoms with Gasteiger partial charge in [0.05, 0.1) is 26.4 Å². The summed E-state index contributed by atoms with van der Waals surface area (Å²) in [6, 6.07) is 0. The van der Waals surface area contributed by atoms with Gasteiger partial charge in [0.2, 0.25) is 0 Å². The summed E-state index contributed by atoms with van der Waals surface area (Å²) in [6.07, 6.45) is 58.4. The first kappa shape index (κ1) is 95.1. The number of esters is 4. The molecule has 0 amide bonds. The van der Waals surface area contributed by atoms with E-state index in [1.165, 1.54) is 218 Å². The second-order valence-electron chi connectivity index (χ2n) is 28.6. The maximum Gasteiger partial charge on any atom is 0.472 e. The second-order valence-corrected chi connectivity index (χ2v) is 31.5. The van der Waals surface area contributed by atoms with Gasteiger partial charge in [0.1, 0.15) is 19.3 Å². The molecule has 0 rings (SSSR count). The number of phosphoric ester groups is 2. The van der Waals surface area contributed by atoms with E-state index in [2.05, 4.69) is 41.5 Å². The number of ether oxygens (including phenoxy) is 4. The fourth-order valence-electron chi connectivity index (χ4n) is 11.9. The van der Waals surface area contributed by atoms with Crippen LogP contribution < -0.4 is 0 Å². The Kier molecular flexibility index (Phi) is 68.4. The average molecular weight is 1420 g/mol. The summed E-state index contributed by atoms with van der Waals surface area (Å²) >= 11 is 0. The highest BCUT2D eigenvalue weighted by Crippen LogP contribution is 2.45. The Morgan fingerprint density at radius 2 is 0.495 bits per heavy atom. The number of aliphatic hydroxyl groups excluding tert-OH is 1. The van der Waals surface area contributed by atoms with E-state index in [4.69, 9.17) is 37.0 Å². The molecule has 0 spiro atoms. The number of hydrogen-bond donors (Lipinski definition) is 3. The van der Waals surface area contributed by atoms with E-state index in [0.717, 1.165) is 108 Å². The molecule has 97 heavy (non-hydrogen) atoms. The molecular weight excluding hydrogens is 1270 g/mol. The molecule has 19 heteroatoms. The lowest BCUT2D eigenvalue weighted by atomic mass is 9.99. The number of aliphatic hydroxyl groups is 1. The van der Waals surface area contributed by atoms with Gasteiger partial charge in [-0.2, -0.15) is 0 Å². The van der Waals surface area contributed by atoms with Crippen LogP contribution in [-0.4, -0.2) is 96.7 Å². The molecule has 0 aromatic carbocycles. The van der Waals surface area contributed by atoms with E-state index in [-0.39, 0.29) is 25.7 Å². The van der Waals surface area contributed by atoms with Crippen molar-refractivity contribution in [2.24, 2.45) is 11.8 Å². The molecule has 0 aliphatic rings. The number of hydrogen-bond acceptors (Lipinski definition) is 15. The van der Waals surface area contributed by atoms with Crippen LogP contribution in [0.5, 0.6) is 0 Å². The van der Waals surface area contributed by atoms with E-state index in [9.17, 15) is 43.2 Å². The molecule has 0 aliphatic heterocycles. The molecule has 0 fully saturated rings. The monoisotopic (exact) mass is 1420 g/mol. The van der Waals surface area contributed by atoms with Crippen LogP contribution in [0, 0.1) is 11.8 Å². The SMILES string of the molecule is CCCCCCCCCCCC(=O)O[C@H](COC(=O)CCCCCCCCCC)COP(=O)(O)OC[C@H](O)COP(=O)(O)OC[C@@H](COC(=O)CCCCCCCCCCCCCCCCC(C)CC)OC(=O)CCCCCCCCCCCCCCCCCCCCC(C)CC. The first-order valence-electron chi connectivity index (χ1n) is 40.6. The molecule has 0 heterocycles. The second kappa shape index (κ2) is 69.8. The molecule has 0 saturated heterocycles. The molecule has 0 aliphatic carbocycles. The smallest absolute Gasteiger partial charge is 0.462 e. The van der Waals surface area contributed by atoms with Crippen molar-refractivity contribution in [3.63, 3.8) is 0 Å². The van der Waals surface area contributed by atoms with Crippen LogP contribution in [0.4, 0.5) is 0 Å². The van der Waals surface area contributed by atoms with Gasteiger partial charge >= 0.3 is 39.5 Å². The average Bonchev–Trinajstić information content (AvgIpc) is 2.31. The van der Waals surface area contributed by atoms with Crippen molar-refractivity contribution in [3.05, 3.63) is 0 Å². The van der Waals surface area contributed by atoms with Crippen LogP contribution in [-0.2, 0) is 65.4 Å². The Bertz CT molecular complexity index is 1880. The molecule has 0 bridgehead atoms. The number of carbonyl (C=O) groups is 4. The first-order valence-corrected chi connectivity index (χ1v) is 43.6. The highest BCUT2D eigenvalue weighted by atomic mass is 31.2. The van der Waals surface area contributed by atoms with Crippen LogP contribution in [0.25, 0.3) is 0 Å². The van der Waals surface area contributed by atoms with Crippen LogP contribution >= 0.6 is 15.6 Å². The molecule has 0 radical (unpaired) electrons. The zero-order valence-corrected chi connectivity index (χ0v) is 65.2. The Balaban J connectivity index is 5.15. The lowest BCUT2D eigenvalue weighted by Crippen LogP contribution is -2.30. The Morgan fingerprint density at radius 1 is 0.289 bits per heavy atom. The predicted octanol–water partition coefficient (Wildman–Crippen LogP) is 23.1. The number of carbonyl (C=O) groups excluding carboxylic acids is 4. The molecule has 0 aromatic heterocycles. The summed E-state index contributed by atoms with van der Waals surface area (Å²) in [5, 5.41) is 10.6. The third-order valence-electron chi connectivity index (χ3n) is 18.9. The van der Waals surface area contributed by atoms with E-state index < -0.39 is 97.5 Å². The van der Waals surface area contributed by atoms with Gasteiger partial charge in [-0.15, -0.1) is 0 Å². The summed E-state index contributed by atoms with van der Waals surface area (Å²) in [4.78, 5) is 72.7. The van der Waals surface area contributed by atoms with Gasteiger partial charge in [-0.05, 0) is 37.5 Å². The van der Waals surface area contributed by atoms with Crippen molar-refractivity contribution >= 4 is 39.5 Å². The summed E-state index contributed by atoms with van der Waals surface area (Å²) in [5.74, 6) is -0.397. The molecule has 3 N–H and O–H groups in total. The normalized spacial score (nSPS) is 14.5. The number of unbranched alkanes of at least 4 members (excludes halogenated alkanes) is 45. The minimum atomic E-state index is -4.96. The van der Waals surface area contributed by atoms with Gasteiger partial charge < -0.3 is 33.8 Å². The maximum atomic E-state index is 13.1. The van der Waals surface area contributed by atoms with Gasteiger partial charge in [-0.3, -0.25) is 37.3 Å². The molecular formula is C78H152O17P2. The van der Waals surface area contributed by atoms with E-state index in [1.54, 1.807) is 0 Å². The number of rotatable bonds is 77. The lowest BCUT2D eigenvalue weighted by Gasteiger charge is -2.21. The van der Waals surface area contributed by atoms with Crippen LogP contribution in [0.2, 0.25) is 0 Å². The van der Waals surface area contributed by atoms with Crippen molar-refractivity contribution in [2.45, 2.75) is 426 Å². The molecule has 0 saturated carbocycles. The van der Waals surface area contributed by atoms with Crippen molar-refractivity contribution in [1.82, 2.24) is 0 Å². The first-order chi connectivity index (χ1) is 46.9. The Hall–Kier alpha value is -1.94. The van der Waals surface area contributed by atoms with Crippen LogP contribution in [0.3, 0.4) is 0 Å². The van der Waals surface area contributed by atoms with E-state index in [0.29, 0.717) is 25.7 Å². The van der Waals surface area contributed by atoms with Crippen LogP contribution in [0.1, 0.15) is 408 Å². The lowest BCUT2D eigenvalue weighted by molar-refractivity contribution is -0.161. The minimum Gasteiger partial charge on any atom is -0.462 e. The van der Waals surface area contributed by atoms with E-state index >= 15 is 0 Å². The Labute approximate surface area is 594 Å². The predicted molar refractivity (Wildman–Crippen MR) is 395 cm³/mol. The fourth-order valence-corrected chi connectivity index (χ4v) is 13.5. The standard InChI is InChI=1S/C78H152O17P2/c1-7-11-13-15-17-35-44-50-56-62-77(82)94-73(66-88-75(80)60-54-48-42-18-16-14-12-8-2)68-92-96(84,85)90-64-72(79)65-91-97(86,87)93-69-74(67-89-76(81)61-55-49-43-38-33-29-26-25-28-32-37-41-47-53-59-71(6)10-4)95-78(83)63-57-51-45-39-34-30-24-22-20-19-21-23-27-31-36-40-46-52-58-70(5)9-3/h70-74,79H,7-69H2,1-6H3,(H,84,85)(H,86,87)/t70?,71?,72-,73+,74+/m0/s1. The summed E-state index contributed by atoms with van der Waals surface area (Å²) in [6.45, 7) is 9.68. The quantitative estimate of drug-likeness (QED) is 0.0222. The van der Waals surface area contributed by atoms with Gasteiger partial charge in [0.25, 0.3) is 0 Å². The molecule has 0 aromatic rings. The van der Waals surface area contributed by atoms with Gasteiger partial charge in [-0.1, -0.05) is 356 Å². The molecule has 7 atom stereocenters. The van der Waals surface area contributed by atoms with Crippen molar-refractivity contribution in [2.75, 3.05) is 39.6 Å². The Morgan fingerprint density at radius 3 is 0.732 bits per heavy atom. The largest absolute Gasteiger partial charge is 0.472 e. The third-order valence-corrected chi connectivity index (χ3v) is 20.8. The minimum absolute atomic E-state index is 0.106. The van der Waals surface area contributed by atoms with E-state index in [1.807, 2.05) is 0 Å². The van der Waals surface area contributed by atoms with Crippen molar-refractivity contribution < 1.29 is 80.2 Å². The summed E-state index contributed by atoms with van der Waals surface area (Å²) in [5.41, 5.74) is 0. The maximum absolute atomic E-state index is 13.1. The summed E-state index contributed by atoms with van der Waals surface area (Å²) < 4.78 is 68.4. The molecule has 4 unspecified atom stereocenters. The van der Waals surface area contributed by atoms with Crippen LogP contribution in [0.15, 0.2) is 0 Å². The zero-order chi connectivity index (χ0) is 71.4. The topological polar surface area (TPSA) is 237 Å². The van der Waals surface area contributed by atoms with Gasteiger partial charge in [-0.25, -0.2) is 9.13 Å². The highest BCUT2D eigenvalue weighted by molar-refractivity contribution is 7.47. The summed E-state index contributed by atoms with van der Waals surface area (Å²) in [7, 11) is -9.90. The third kappa shape index (κ3) is 69.5. The van der Waals surface area contributed by atoms with Crippen molar-refractivity contribution in [1.29, 1.82) is 0 Å². The van der Waals surface area contributed by atoms with Crippen molar-refractivity contribution in [3.8, 4) is 0 Å². The van der Waals surface area contributed by atoms with Gasteiger partial charge in [0, 0.05) is 25.7 Å². The highest BCUT2D eigenvalue weighted by Gasteiger charge is 2.30. The molecule has 17 nitrogen and oxygen atoms in total. The number of phosphoric acid groups is 2. The van der Waals surface area contributed by atoms with Gasteiger partial charge in [0.15, 0.2) is 12.2 Å². The molecule has 576 valence electrons. The zero-order valence-electron chi connectivity index (χ0n) is 63.4. The fraction of sp³-hybridized carbons (Fsp3) is 0.949.